The summed E-state index contributed by atoms with van der Waals surface area (Å²) in [6, 6.07) is 5.63. The zero-order valence-electron chi connectivity index (χ0n) is 16.1. The molecule has 164 valence electrons. The van der Waals surface area contributed by atoms with Gasteiger partial charge in [-0.2, -0.15) is 13.2 Å². The Morgan fingerprint density at radius 2 is 1.94 bits per heavy atom. The highest BCUT2D eigenvalue weighted by atomic mass is 35.5. The average molecular weight is 456 g/mol. The normalized spacial score (nSPS) is 22.3. The maximum atomic E-state index is 14.5. The number of aromatic nitrogens is 1. The Kier molecular flexibility index (Phi) is 5.41. The van der Waals surface area contributed by atoms with E-state index in [2.05, 4.69) is 15.6 Å². The molecule has 2 aliphatic carbocycles. The van der Waals surface area contributed by atoms with Crippen LogP contribution in [0.25, 0.3) is 0 Å². The molecular formula is C21H18ClF4N3O2. The topological polar surface area (TPSA) is 71.1 Å². The number of carbonyl (C=O) groups excluding carboxylic acids is 2. The zero-order valence-corrected chi connectivity index (χ0v) is 16.9. The standard InChI is InChI=1S/C21H18ClF4N3O2/c22-17-3-1-2-16(27-17)20(8-9-20)29-19(31)28-18-13(6-7-15(18)30)12-5-4-11(10-14(12)23)21(24,25)26/h1-5,10,13,18H,6-9H2,(H2,28,29,31)/t13-,18-/m0/s1. The number of ketones is 1. The van der Waals surface area contributed by atoms with Gasteiger partial charge >= 0.3 is 12.2 Å². The molecule has 2 aliphatic rings. The van der Waals surface area contributed by atoms with E-state index in [0.29, 0.717) is 24.6 Å². The fourth-order valence-corrected chi connectivity index (χ4v) is 4.17. The van der Waals surface area contributed by atoms with Gasteiger partial charge in [0.05, 0.1) is 22.8 Å². The minimum absolute atomic E-state index is 0.0261. The van der Waals surface area contributed by atoms with E-state index in [4.69, 9.17) is 11.6 Å². The van der Waals surface area contributed by atoms with Crippen LogP contribution in [0.3, 0.4) is 0 Å². The van der Waals surface area contributed by atoms with Crippen molar-refractivity contribution in [2.24, 2.45) is 0 Å². The van der Waals surface area contributed by atoms with Gasteiger partial charge in [-0.05, 0) is 49.1 Å². The predicted octanol–water partition coefficient (Wildman–Crippen LogP) is 4.70. The summed E-state index contributed by atoms with van der Waals surface area (Å²) in [5.41, 5.74) is -1.23. The highest BCUT2D eigenvalue weighted by Gasteiger charge is 2.48. The Hall–Kier alpha value is -2.68. The molecule has 1 heterocycles. The summed E-state index contributed by atoms with van der Waals surface area (Å²) in [4.78, 5) is 29.2. The Morgan fingerprint density at radius 3 is 2.55 bits per heavy atom. The minimum Gasteiger partial charge on any atom is -0.328 e. The zero-order chi connectivity index (χ0) is 22.4. The molecule has 2 amide bonds. The van der Waals surface area contributed by atoms with E-state index in [1.807, 2.05) is 0 Å². The summed E-state index contributed by atoms with van der Waals surface area (Å²) in [5.74, 6) is -2.10. The van der Waals surface area contributed by atoms with Crippen molar-refractivity contribution in [2.45, 2.75) is 49.4 Å². The maximum absolute atomic E-state index is 14.5. The molecular weight excluding hydrogens is 438 g/mol. The van der Waals surface area contributed by atoms with Crippen molar-refractivity contribution in [3.8, 4) is 0 Å². The lowest BCUT2D eigenvalue weighted by molar-refractivity contribution is -0.137. The van der Waals surface area contributed by atoms with Gasteiger partial charge < -0.3 is 10.6 Å². The Bertz CT molecular complexity index is 1040. The summed E-state index contributed by atoms with van der Waals surface area (Å²) in [5, 5.41) is 5.68. The molecule has 0 spiro atoms. The van der Waals surface area contributed by atoms with Crippen molar-refractivity contribution in [1.29, 1.82) is 0 Å². The number of pyridine rings is 1. The van der Waals surface area contributed by atoms with Crippen LogP contribution in [-0.2, 0) is 16.5 Å². The fourth-order valence-electron chi connectivity index (χ4n) is 4.00. The highest BCUT2D eigenvalue weighted by molar-refractivity contribution is 6.29. The number of rotatable bonds is 4. The maximum Gasteiger partial charge on any atom is 0.416 e. The molecule has 1 aromatic heterocycles. The van der Waals surface area contributed by atoms with Crippen LogP contribution in [0.4, 0.5) is 22.4 Å². The van der Waals surface area contributed by atoms with Crippen LogP contribution in [0.15, 0.2) is 36.4 Å². The summed E-state index contributed by atoms with van der Waals surface area (Å²) < 4.78 is 52.9. The number of nitrogens with one attached hydrogen (secondary N) is 2. The number of hydrogen-bond acceptors (Lipinski definition) is 3. The monoisotopic (exact) mass is 455 g/mol. The third-order valence-corrected chi connectivity index (χ3v) is 5.98. The molecule has 0 aliphatic heterocycles. The number of Topliss-reactive ketones (excluding diaryl/α,β-unsaturated/α-hetero) is 1. The molecule has 0 saturated heterocycles. The molecule has 2 fully saturated rings. The number of benzene rings is 1. The van der Waals surface area contributed by atoms with Gasteiger partial charge in [0.15, 0.2) is 5.78 Å². The van der Waals surface area contributed by atoms with Crippen molar-refractivity contribution < 1.29 is 27.2 Å². The third-order valence-electron chi connectivity index (χ3n) is 5.77. The second-order valence-corrected chi connectivity index (χ2v) is 8.24. The van der Waals surface area contributed by atoms with E-state index >= 15 is 0 Å². The van der Waals surface area contributed by atoms with Gasteiger partial charge in [-0.1, -0.05) is 23.7 Å². The van der Waals surface area contributed by atoms with Gasteiger partial charge in [0.1, 0.15) is 11.0 Å². The minimum atomic E-state index is -4.67. The molecule has 5 nitrogen and oxygen atoms in total. The van der Waals surface area contributed by atoms with E-state index in [-0.39, 0.29) is 29.3 Å². The number of halogens is 5. The van der Waals surface area contributed by atoms with Crippen LogP contribution >= 0.6 is 11.6 Å². The first-order valence-corrected chi connectivity index (χ1v) is 10.1. The van der Waals surface area contributed by atoms with Crippen molar-refractivity contribution in [1.82, 2.24) is 15.6 Å². The first-order chi connectivity index (χ1) is 14.6. The van der Waals surface area contributed by atoms with Crippen molar-refractivity contribution >= 4 is 23.4 Å². The second kappa shape index (κ2) is 7.78. The molecule has 2 aromatic rings. The van der Waals surface area contributed by atoms with Crippen LogP contribution in [-0.4, -0.2) is 22.8 Å². The molecule has 10 heteroatoms. The lowest BCUT2D eigenvalue weighted by Crippen LogP contribution is -2.49. The molecule has 0 bridgehead atoms. The smallest absolute Gasteiger partial charge is 0.328 e. The van der Waals surface area contributed by atoms with E-state index < -0.39 is 41.1 Å². The SMILES string of the molecule is O=C(N[C@@H]1C(=O)CC[C@H]1c1ccc(C(F)(F)F)cc1F)NC1(c2cccc(Cl)n2)CC1. The summed E-state index contributed by atoms with van der Waals surface area (Å²) in [6.07, 6.45) is -3.06. The average Bonchev–Trinajstić information content (AvgIpc) is 3.39. The van der Waals surface area contributed by atoms with Gasteiger partial charge in [0, 0.05) is 12.3 Å². The molecule has 0 radical (unpaired) electrons. The van der Waals surface area contributed by atoms with E-state index in [0.717, 1.165) is 12.1 Å². The van der Waals surface area contributed by atoms with Gasteiger partial charge in [-0.25, -0.2) is 14.2 Å². The first kappa shape index (κ1) is 21.5. The van der Waals surface area contributed by atoms with Gasteiger partial charge in [0.2, 0.25) is 0 Å². The fraction of sp³-hybridized carbons (Fsp3) is 0.381. The number of nitrogens with zero attached hydrogens (tertiary/aromatic N) is 1. The summed E-state index contributed by atoms with van der Waals surface area (Å²) in [7, 11) is 0. The van der Waals surface area contributed by atoms with E-state index in [9.17, 15) is 27.2 Å². The lowest BCUT2D eigenvalue weighted by Gasteiger charge is -2.24. The van der Waals surface area contributed by atoms with Crippen LogP contribution in [0.2, 0.25) is 5.15 Å². The largest absolute Gasteiger partial charge is 0.416 e. The van der Waals surface area contributed by atoms with Crippen molar-refractivity contribution in [2.75, 3.05) is 0 Å². The van der Waals surface area contributed by atoms with Crippen LogP contribution in [0, 0.1) is 5.82 Å². The molecule has 1 aromatic carbocycles. The molecule has 4 rings (SSSR count). The molecule has 0 unspecified atom stereocenters. The highest BCUT2D eigenvalue weighted by Crippen LogP contribution is 2.45. The molecule has 2 saturated carbocycles. The Balaban J connectivity index is 1.50. The van der Waals surface area contributed by atoms with E-state index in [1.54, 1.807) is 18.2 Å². The van der Waals surface area contributed by atoms with Gasteiger partial charge in [0.25, 0.3) is 0 Å². The van der Waals surface area contributed by atoms with Crippen LogP contribution in [0.5, 0.6) is 0 Å². The lowest BCUT2D eigenvalue weighted by atomic mass is 9.92. The molecule has 31 heavy (non-hydrogen) atoms. The predicted molar refractivity (Wildman–Crippen MR) is 104 cm³/mol. The molecule has 2 atom stereocenters. The van der Waals surface area contributed by atoms with Gasteiger partial charge in [-0.3, -0.25) is 4.79 Å². The van der Waals surface area contributed by atoms with E-state index in [1.165, 1.54) is 0 Å². The number of urea groups is 1. The third kappa shape index (κ3) is 4.37. The summed E-state index contributed by atoms with van der Waals surface area (Å²) in [6.45, 7) is 0. The Morgan fingerprint density at radius 1 is 1.19 bits per heavy atom. The second-order valence-electron chi connectivity index (χ2n) is 7.85. The number of alkyl halides is 3. The first-order valence-electron chi connectivity index (χ1n) is 9.70. The quantitative estimate of drug-likeness (QED) is 0.518. The molecule has 2 N–H and O–H groups in total. The number of carbonyl (C=O) groups is 2. The Labute approximate surface area is 180 Å². The number of amides is 2. The van der Waals surface area contributed by atoms with Gasteiger partial charge in [-0.15, -0.1) is 0 Å². The number of hydrogen-bond donors (Lipinski definition) is 2. The van der Waals surface area contributed by atoms with Crippen molar-refractivity contribution in [3.63, 3.8) is 0 Å². The summed E-state index contributed by atoms with van der Waals surface area (Å²) >= 11 is 5.92. The van der Waals surface area contributed by atoms with Crippen LogP contribution < -0.4 is 10.6 Å². The van der Waals surface area contributed by atoms with Crippen molar-refractivity contribution in [3.05, 3.63) is 64.2 Å². The van der Waals surface area contributed by atoms with Crippen LogP contribution in [0.1, 0.15) is 48.4 Å².